The molecule has 0 amide bonds. The summed E-state index contributed by atoms with van der Waals surface area (Å²) in [6, 6.07) is 5.10. The maximum atomic E-state index is 11.1. The van der Waals surface area contributed by atoms with Gasteiger partial charge in [0.1, 0.15) is 5.52 Å². The summed E-state index contributed by atoms with van der Waals surface area (Å²) in [6.45, 7) is 4.60. The lowest BCUT2D eigenvalue weighted by Gasteiger charge is -2.13. The normalized spacial score (nSPS) is 11.3. The van der Waals surface area contributed by atoms with Crippen LogP contribution in [0.25, 0.3) is 11.0 Å². The zero-order valence-corrected chi connectivity index (χ0v) is 10.5. The van der Waals surface area contributed by atoms with Crippen molar-refractivity contribution in [3.05, 3.63) is 23.8 Å². The quantitative estimate of drug-likeness (QED) is 0.857. The van der Waals surface area contributed by atoms with Crippen LogP contribution in [-0.2, 0) is 6.54 Å². The fraction of sp³-hybridized carbons (Fsp3) is 0.417. The van der Waals surface area contributed by atoms with E-state index >= 15 is 0 Å². The molecule has 2 rings (SSSR count). The van der Waals surface area contributed by atoms with E-state index in [0.717, 1.165) is 18.6 Å². The molecule has 0 spiro atoms. The topological polar surface area (TPSA) is 71.2 Å². The SMILES string of the molecule is CCN(C)CCn1nnc2c(C(=O)O)cccc21. The van der Waals surface area contributed by atoms with E-state index in [1.165, 1.54) is 0 Å². The summed E-state index contributed by atoms with van der Waals surface area (Å²) >= 11 is 0. The third kappa shape index (κ3) is 2.33. The molecular formula is C12H16N4O2. The predicted octanol–water partition coefficient (Wildman–Crippen LogP) is 1.08. The number of fused-ring (bicyclic) bond motifs is 1. The summed E-state index contributed by atoms with van der Waals surface area (Å²) < 4.78 is 1.74. The van der Waals surface area contributed by atoms with Crippen LogP contribution in [0.5, 0.6) is 0 Å². The van der Waals surface area contributed by atoms with E-state index in [1.54, 1.807) is 16.8 Å². The average molecular weight is 248 g/mol. The summed E-state index contributed by atoms with van der Waals surface area (Å²) in [5.41, 5.74) is 1.41. The van der Waals surface area contributed by atoms with Crippen LogP contribution >= 0.6 is 0 Å². The van der Waals surface area contributed by atoms with Crippen LogP contribution in [0.2, 0.25) is 0 Å². The van der Waals surface area contributed by atoms with Gasteiger partial charge in [0.25, 0.3) is 0 Å². The van der Waals surface area contributed by atoms with Gasteiger partial charge in [0.05, 0.1) is 17.6 Å². The molecule has 1 aromatic carbocycles. The van der Waals surface area contributed by atoms with E-state index < -0.39 is 5.97 Å². The number of hydrogen-bond acceptors (Lipinski definition) is 4. The van der Waals surface area contributed by atoms with Crippen LogP contribution in [0, 0.1) is 0 Å². The molecular weight excluding hydrogens is 232 g/mol. The third-order valence-corrected chi connectivity index (χ3v) is 3.01. The van der Waals surface area contributed by atoms with Crippen molar-refractivity contribution in [3.8, 4) is 0 Å². The fourth-order valence-corrected chi connectivity index (χ4v) is 1.75. The Bertz CT molecular complexity index is 564. The third-order valence-electron chi connectivity index (χ3n) is 3.01. The molecule has 0 unspecified atom stereocenters. The first kappa shape index (κ1) is 12.5. The van der Waals surface area contributed by atoms with Crippen LogP contribution in [0.1, 0.15) is 17.3 Å². The Kier molecular flexibility index (Phi) is 3.57. The van der Waals surface area contributed by atoms with Gasteiger partial charge in [-0.2, -0.15) is 0 Å². The van der Waals surface area contributed by atoms with Crippen molar-refractivity contribution < 1.29 is 9.90 Å². The van der Waals surface area contributed by atoms with Crippen molar-refractivity contribution in [1.82, 2.24) is 19.9 Å². The minimum atomic E-state index is -0.974. The van der Waals surface area contributed by atoms with Gasteiger partial charge in [0.2, 0.25) is 0 Å². The standard InChI is InChI=1S/C12H16N4O2/c1-3-15(2)7-8-16-10-6-4-5-9(12(17)18)11(10)13-14-16/h4-6H,3,7-8H2,1-2H3,(H,17,18). The fourth-order valence-electron chi connectivity index (χ4n) is 1.75. The summed E-state index contributed by atoms with van der Waals surface area (Å²) in [5, 5.41) is 17.0. The summed E-state index contributed by atoms with van der Waals surface area (Å²) in [7, 11) is 2.03. The van der Waals surface area contributed by atoms with Crippen LogP contribution in [-0.4, -0.2) is 51.1 Å². The molecule has 0 saturated heterocycles. The first-order valence-corrected chi connectivity index (χ1v) is 5.87. The van der Waals surface area contributed by atoms with Gasteiger partial charge in [0.15, 0.2) is 0 Å². The highest BCUT2D eigenvalue weighted by Gasteiger charge is 2.13. The Labute approximate surface area is 105 Å². The van der Waals surface area contributed by atoms with E-state index in [0.29, 0.717) is 12.1 Å². The minimum absolute atomic E-state index is 0.197. The number of likely N-dealkylation sites (N-methyl/N-ethyl adjacent to an activating group) is 1. The Morgan fingerprint density at radius 1 is 1.50 bits per heavy atom. The number of carboxylic acids is 1. The lowest BCUT2D eigenvalue weighted by Crippen LogP contribution is -2.23. The molecule has 0 aliphatic heterocycles. The highest BCUT2D eigenvalue weighted by molar-refractivity contribution is 6.00. The molecule has 0 saturated carbocycles. The highest BCUT2D eigenvalue weighted by atomic mass is 16.4. The number of aromatic carboxylic acids is 1. The molecule has 1 aromatic heterocycles. The second-order valence-corrected chi connectivity index (χ2v) is 4.19. The zero-order chi connectivity index (χ0) is 13.1. The number of hydrogen-bond donors (Lipinski definition) is 1. The smallest absolute Gasteiger partial charge is 0.338 e. The average Bonchev–Trinajstić information content (AvgIpc) is 2.78. The molecule has 0 bridgehead atoms. The molecule has 2 aromatic rings. The number of aromatic nitrogens is 3. The van der Waals surface area contributed by atoms with E-state index in [-0.39, 0.29) is 5.56 Å². The van der Waals surface area contributed by atoms with Gasteiger partial charge >= 0.3 is 5.97 Å². The Hall–Kier alpha value is -1.95. The van der Waals surface area contributed by atoms with Gasteiger partial charge in [-0.3, -0.25) is 0 Å². The summed E-state index contributed by atoms with van der Waals surface area (Å²) in [6.07, 6.45) is 0. The van der Waals surface area contributed by atoms with Crippen molar-refractivity contribution in [2.24, 2.45) is 0 Å². The zero-order valence-electron chi connectivity index (χ0n) is 10.5. The lowest BCUT2D eigenvalue weighted by atomic mass is 10.2. The molecule has 6 heteroatoms. The van der Waals surface area contributed by atoms with E-state index in [1.807, 2.05) is 13.1 Å². The van der Waals surface area contributed by atoms with Gasteiger partial charge in [-0.25, -0.2) is 9.48 Å². The van der Waals surface area contributed by atoms with Crippen LogP contribution in [0.4, 0.5) is 0 Å². The largest absolute Gasteiger partial charge is 0.478 e. The van der Waals surface area contributed by atoms with Gasteiger partial charge in [0, 0.05) is 6.54 Å². The monoisotopic (exact) mass is 248 g/mol. The molecule has 0 radical (unpaired) electrons. The molecule has 0 fully saturated rings. The van der Waals surface area contributed by atoms with Gasteiger partial charge in [-0.15, -0.1) is 5.10 Å². The van der Waals surface area contributed by atoms with Gasteiger partial charge in [-0.05, 0) is 25.7 Å². The molecule has 0 aliphatic carbocycles. The maximum absolute atomic E-state index is 11.1. The van der Waals surface area contributed by atoms with Gasteiger partial charge in [-0.1, -0.05) is 18.2 Å². The molecule has 6 nitrogen and oxygen atoms in total. The maximum Gasteiger partial charge on any atom is 0.338 e. The molecule has 0 aliphatic rings. The summed E-state index contributed by atoms with van der Waals surface area (Å²) in [4.78, 5) is 13.2. The molecule has 1 heterocycles. The van der Waals surface area contributed by atoms with Crippen LogP contribution < -0.4 is 0 Å². The van der Waals surface area contributed by atoms with Crippen molar-refractivity contribution in [1.29, 1.82) is 0 Å². The minimum Gasteiger partial charge on any atom is -0.478 e. The van der Waals surface area contributed by atoms with Crippen molar-refractivity contribution in [2.45, 2.75) is 13.5 Å². The second kappa shape index (κ2) is 5.14. The molecule has 96 valence electrons. The first-order valence-electron chi connectivity index (χ1n) is 5.87. The number of rotatable bonds is 5. The van der Waals surface area contributed by atoms with E-state index in [2.05, 4.69) is 22.1 Å². The highest BCUT2D eigenvalue weighted by Crippen LogP contribution is 2.15. The van der Waals surface area contributed by atoms with Crippen molar-refractivity contribution >= 4 is 17.0 Å². The Balaban J connectivity index is 2.31. The van der Waals surface area contributed by atoms with Crippen LogP contribution in [0.3, 0.4) is 0 Å². The number of carboxylic acid groups (broad SMARTS) is 1. The number of carbonyl (C=O) groups is 1. The number of nitrogens with zero attached hydrogens (tertiary/aromatic N) is 4. The summed E-state index contributed by atoms with van der Waals surface area (Å²) in [5.74, 6) is -0.974. The van der Waals surface area contributed by atoms with Crippen molar-refractivity contribution in [3.63, 3.8) is 0 Å². The molecule has 1 N–H and O–H groups in total. The predicted molar refractivity (Wildman–Crippen MR) is 67.7 cm³/mol. The first-order chi connectivity index (χ1) is 8.63. The lowest BCUT2D eigenvalue weighted by molar-refractivity contribution is 0.0699. The van der Waals surface area contributed by atoms with Crippen molar-refractivity contribution in [2.75, 3.05) is 20.1 Å². The van der Waals surface area contributed by atoms with Crippen LogP contribution in [0.15, 0.2) is 18.2 Å². The van der Waals surface area contributed by atoms with E-state index in [4.69, 9.17) is 5.11 Å². The van der Waals surface area contributed by atoms with E-state index in [9.17, 15) is 4.79 Å². The number of benzene rings is 1. The molecule has 18 heavy (non-hydrogen) atoms. The second-order valence-electron chi connectivity index (χ2n) is 4.19. The molecule has 0 atom stereocenters. The van der Waals surface area contributed by atoms with Gasteiger partial charge < -0.3 is 10.0 Å². The Morgan fingerprint density at radius 3 is 2.94 bits per heavy atom. The Morgan fingerprint density at radius 2 is 2.28 bits per heavy atom.